The van der Waals surface area contributed by atoms with Gasteiger partial charge in [-0.05, 0) is 43.4 Å². The molecule has 1 aliphatic heterocycles. The lowest BCUT2D eigenvalue weighted by Crippen LogP contribution is -2.52. The Labute approximate surface area is 152 Å². The molecular formula is C18H25N2O4S. The van der Waals surface area contributed by atoms with Crippen molar-refractivity contribution in [3.63, 3.8) is 0 Å². The molecule has 2 rings (SSSR count). The van der Waals surface area contributed by atoms with Crippen molar-refractivity contribution in [2.24, 2.45) is 17.4 Å². The Morgan fingerprint density at radius 2 is 2.00 bits per heavy atom. The summed E-state index contributed by atoms with van der Waals surface area (Å²) in [7, 11) is 0. The summed E-state index contributed by atoms with van der Waals surface area (Å²) >= 11 is 1.37. The fourth-order valence-corrected chi connectivity index (χ4v) is 4.51. The molecule has 6 N–H and O–H groups in total. The van der Waals surface area contributed by atoms with Crippen LogP contribution in [0.1, 0.15) is 24.8 Å². The number of carbonyl (C=O) groups is 2. The number of primary amides is 2. The van der Waals surface area contributed by atoms with Gasteiger partial charge in [-0.3, -0.25) is 9.59 Å². The summed E-state index contributed by atoms with van der Waals surface area (Å²) in [5.74, 6) is -1.61. The van der Waals surface area contributed by atoms with Crippen LogP contribution >= 0.6 is 11.8 Å². The van der Waals surface area contributed by atoms with Gasteiger partial charge in [-0.2, -0.15) is 0 Å². The molecule has 0 aliphatic carbocycles. The molecule has 1 aromatic carbocycles. The maximum absolute atomic E-state index is 11.9. The molecule has 4 atom stereocenters. The number of thioether (sulfide) groups is 1. The van der Waals surface area contributed by atoms with Crippen LogP contribution < -0.4 is 11.5 Å². The van der Waals surface area contributed by atoms with Crippen molar-refractivity contribution in [3.05, 3.63) is 42.3 Å². The smallest absolute Gasteiger partial charge is 0.230 e. The number of hydrogen-bond acceptors (Lipinski definition) is 5. The SMILES string of the molecule is NC(=O)C1CC(O)([C@H](C[C@@H](O)[CH]Cc2ccccc2)C(N)=O)CCS1. The Hall–Kier alpha value is -1.57. The van der Waals surface area contributed by atoms with E-state index in [1.165, 1.54) is 11.8 Å². The Morgan fingerprint density at radius 3 is 2.60 bits per heavy atom. The van der Waals surface area contributed by atoms with Gasteiger partial charge >= 0.3 is 0 Å². The third-order valence-corrected chi connectivity index (χ3v) is 5.89. The Kier molecular flexibility index (Phi) is 6.87. The second-order valence-corrected chi connectivity index (χ2v) is 7.81. The highest BCUT2D eigenvalue weighted by Gasteiger charge is 2.46. The van der Waals surface area contributed by atoms with Crippen molar-refractivity contribution in [1.29, 1.82) is 0 Å². The molecule has 137 valence electrons. The minimum Gasteiger partial charge on any atom is -0.393 e. The van der Waals surface area contributed by atoms with E-state index in [4.69, 9.17) is 11.5 Å². The van der Waals surface area contributed by atoms with Gasteiger partial charge in [0.2, 0.25) is 11.8 Å². The van der Waals surface area contributed by atoms with Gasteiger partial charge < -0.3 is 21.7 Å². The summed E-state index contributed by atoms with van der Waals surface area (Å²) in [6, 6.07) is 9.62. The first-order valence-electron chi connectivity index (χ1n) is 8.30. The largest absolute Gasteiger partial charge is 0.393 e. The summed E-state index contributed by atoms with van der Waals surface area (Å²) in [6.45, 7) is 0. The zero-order valence-electron chi connectivity index (χ0n) is 14.0. The number of amides is 2. The second kappa shape index (κ2) is 8.69. The highest BCUT2D eigenvalue weighted by molar-refractivity contribution is 8.00. The summed E-state index contributed by atoms with van der Waals surface area (Å²) in [6.07, 6.45) is 1.79. The van der Waals surface area contributed by atoms with Gasteiger partial charge in [0.25, 0.3) is 0 Å². The van der Waals surface area contributed by atoms with Crippen LogP contribution in [0.2, 0.25) is 0 Å². The number of benzene rings is 1. The van der Waals surface area contributed by atoms with Crippen LogP contribution in [0, 0.1) is 12.3 Å². The second-order valence-electron chi connectivity index (χ2n) is 6.50. The fourth-order valence-electron chi connectivity index (χ4n) is 3.18. The maximum Gasteiger partial charge on any atom is 0.230 e. The van der Waals surface area contributed by atoms with Crippen molar-refractivity contribution in [2.45, 2.75) is 42.6 Å². The standard InChI is InChI=1S/C18H25N2O4S/c19-16(22)14(18(24)8-9-25-15(11-18)17(20)23)10-13(21)7-6-12-4-2-1-3-5-12/h1-5,7,13-15,21,24H,6,8-11H2,(H2,19,22)(H2,20,23)/t13-,14+,15?,18?/m0/s1. The molecule has 1 radical (unpaired) electrons. The van der Waals surface area contributed by atoms with Crippen LogP contribution in [0.3, 0.4) is 0 Å². The topological polar surface area (TPSA) is 127 Å². The number of carbonyl (C=O) groups excluding carboxylic acids is 2. The molecule has 1 heterocycles. The molecule has 1 aliphatic rings. The molecular weight excluding hydrogens is 340 g/mol. The minimum atomic E-state index is -1.42. The molecule has 1 saturated heterocycles. The first-order chi connectivity index (χ1) is 11.8. The van der Waals surface area contributed by atoms with Crippen molar-refractivity contribution in [3.8, 4) is 0 Å². The lowest BCUT2D eigenvalue weighted by atomic mass is 9.76. The van der Waals surface area contributed by atoms with E-state index in [0.717, 1.165) is 5.56 Å². The lowest BCUT2D eigenvalue weighted by molar-refractivity contribution is -0.136. The first-order valence-corrected chi connectivity index (χ1v) is 9.34. The van der Waals surface area contributed by atoms with E-state index < -0.39 is 34.7 Å². The van der Waals surface area contributed by atoms with E-state index in [-0.39, 0.29) is 12.8 Å². The van der Waals surface area contributed by atoms with E-state index >= 15 is 0 Å². The lowest BCUT2D eigenvalue weighted by Gasteiger charge is -2.40. The van der Waals surface area contributed by atoms with Gasteiger partial charge in [0.1, 0.15) is 0 Å². The molecule has 1 fully saturated rings. The summed E-state index contributed by atoms with van der Waals surface area (Å²) in [5, 5.41) is 20.6. The summed E-state index contributed by atoms with van der Waals surface area (Å²) in [5.41, 5.74) is 10.4. The van der Waals surface area contributed by atoms with Gasteiger partial charge in [0, 0.05) is 0 Å². The number of aliphatic hydroxyl groups is 2. The molecule has 25 heavy (non-hydrogen) atoms. The molecule has 7 heteroatoms. The first kappa shape index (κ1) is 19.8. The monoisotopic (exact) mass is 365 g/mol. The maximum atomic E-state index is 11.9. The predicted octanol–water partition coefficient (Wildman–Crippen LogP) is 0.398. The van der Waals surface area contributed by atoms with Crippen LogP contribution in [0.4, 0.5) is 0 Å². The van der Waals surface area contributed by atoms with Crippen molar-refractivity contribution in [1.82, 2.24) is 0 Å². The third kappa shape index (κ3) is 5.45. The highest BCUT2D eigenvalue weighted by Crippen LogP contribution is 2.39. The predicted molar refractivity (Wildman–Crippen MR) is 97.4 cm³/mol. The zero-order valence-corrected chi connectivity index (χ0v) is 14.8. The Morgan fingerprint density at radius 1 is 1.32 bits per heavy atom. The van der Waals surface area contributed by atoms with Gasteiger partial charge in [0.05, 0.1) is 22.9 Å². The van der Waals surface area contributed by atoms with Crippen LogP contribution in [0.25, 0.3) is 0 Å². The van der Waals surface area contributed by atoms with E-state index in [1.54, 1.807) is 6.42 Å². The van der Waals surface area contributed by atoms with Crippen LogP contribution in [0.15, 0.2) is 30.3 Å². The average Bonchev–Trinajstić information content (AvgIpc) is 2.58. The van der Waals surface area contributed by atoms with Gasteiger partial charge in [-0.15, -0.1) is 11.8 Å². The van der Waals surface area contributed by atoms with E-state index in [2.05, 4.69) is 0 Å². The number of rotatable bonds is 8. The zero-order chi connectivity index (χ0) is 18.4. The van der Waals surface area contributed by atoms with Gasteiger partial charge in [-0.1, -0.05) is 30.3 Å². The average molecular weight is 365 g/mol. The van der Waals surface area contributed by atoms with Crippen molar-refractivity contribution < 1.29 is 19.8 Å². The highest BCUT2D eigenvalue weighted by atomic mass is 32.2. The molecule has 1 aromatic rings. The Bertz CT molecular complexity index is 598. The minimum absolute atomic E-state index is 0.0226. The van der Waals surface area contributed by atoms with Crippen LogP contribution in [-0.2, 0) is 16.0 Å². The van der Waals surface area contributed by atoms with Crippen LogP contribution in [-0.4, -0.2) is 44.7 Å². The molecule has 2 amide bonds. The molecule has 0 spiro atoms. The number of hydrogen-bond donors (Lipinski definition) is 4. The van der Waals surface area contributed by atoms with Gasteiger partial charge in [0.15, 0.2) is 0 Å². The van der Waals surface area contributed by atoms with Gasteiger partial charge in [-0.25, -0.2) is 0 Å². The molecule has 6 nitrogen and oxygen atoms in total. The quantitative estimate of drug-likeness (QED) is 0.530. The van der Waals surface area contributed by atoms with E-state index in [1.807, 2.05) is 30.3 Å². The third-order valence-electron chi connectivity index (χ3n) is 4.65. The normalized spacial score (nSPS) is 25.9. The molecule has 0 bridgehead atoms. The fraction of sp³-hybridized carbons (Fsp3) is 0.500. The van der Waals surface area contributed by atoms with Crippen molar-refractivity contribution in [2.75, 3.05) is 5.75 Å². The number of nitrogens with two attached hydrogens (primary N) is 2. The molecule has 0 saturated carbocycles. The molecule has 2 unspecified atom stereocenters. The molecule has 0 aromatic heterocycles. The van der Waals surface area contributed by atoms with E-state index in [0.29, 0.717) is 18.6 Å². The Balaban J connectivity index is 1.99. The van der Waals surface area contributed by atoms with Crippen LogP contribution in [0.5, 0.6) is 0 Å². The van der Waals surface area contributed by atoms with Crippen molar-refractivity contribution >= 4 is 23.6 Å². The van der Waals surface area contributed by atoms with E-state index in [9.17, 15) is 19.8 Å². The summed E-state index contributed by atoms with van der Waals surface area (Å²) in [4.78, 5) is 23.3. The summed E-state index contributed by atoms with van der Waals surface area (Å²) < 4.78 is 0. The number of aliphatic hydroxyl groups excluding tert-OH is 1.